The van der Waals surface area contributed by atoms with Crippen molar-refractivity contribution in [3.63, 3.8) is 0 Å². The predicted octanol–water partition coefficient (Wildman–Crippen LogP) is 1.80. The van der Waals surface area contributed by atoms with Crippen molar-refractivity contribution in [2.24, 2.45) is 11.7 Å². The van der Waals surface area contributed by atoms with Gasteiger partial charge in [-0.05, 0) is 24.5 Å². The van der Waals surface area contributed by atoms with Gasteiger partial charge in [0.1, 0.15) is 5.75 Å². The van der Waals surface area contributed by atoms with E-state index in [2.05, 4.69) is 19.2 Å². The molecule has 18 heavy (non-hydrogen) atoms. The molecular formula is C14H22N2O2. The maximum atomic E-state index is 12.1. The van der Waals surface area contributed by atoms with Crippen LogP contribution in [0, 0.1) is 5.92 Å². The molecule has 0 saturated heterocycles. The first-order valence-corrected chi connectivity index (χ1v) is 6.22. The van der Waals surface area contributed by atoms with Crippen molar-refractivity contribution in [3.8, 4) is 5.75 Å². The molecule has 0 radical (unpaired) electrons. The zero-order valence-electron chi connectivity index (χ0n) is 11.3. The van der Waals surface area contributed by atoms with Crippen LogP contribution < -0.4 is 15.8 Å². The van der Waals surface area contributed by atoms with Crippen molar-refractivity contribution < 1.29 is 9.53 Å². The molecule has 4 heteroatoms. The quantitative estimate of drug-likeness (QED) is 0.809. The number of nitrogens with one attached hydrogen (secondary N) is 1. The lowest BCUT2D eigenvalue weighted by Crippen LogP contribution is -2.41. The van der Waals surface area contributed by atoms with E-state index in [9.17, 15) is 4.79 Å². The molecule has 1 atom stereocenters. The van der Waals surface area contributed by atoms with E-state index in [0.29, 0.717) is 23.8 Å². The van der Waals surface area contributed by atoms with E-state index in [1.807, 2.05) is 12.1 Å². The molecule has 0 saturated carbocycles. The summed E-state index contributed by atoms with van der Waals surface area (Å²) in [5.74, 6) is 0.940. The highest BCUT2D eigenvalue weighted by Gasteiger charge is 2.16. The van der Waals surface area contributed by atoms with Crippen molar-refractivity contribution in [2.45, 2.75) is 26.3 Å². The Bertz CT molecular complexity index is 391. The van der Waals surface area contributed by atoms with Crippen molar-refractivity contribution in [3.05, 3.63) is 29.8 Å². The average molecular weight is 250 g/mol. The summed E-state index contributed by atoms with van der Waals surface area (Å²) >= 11 is 0. The molecule has 3 N–H and O–H groups in total. The van der Waals surface area contributed by atoms with E-state index in [4.69, 9.17) is 10.5 Å². The lowest BCUT2D eigenvalue weighted by Gasteiger charge is -2.19. The Morgan fingerprint density at radius 2 is 2.06 bits per heavy atom. The average Bonchev–Trinajstić information content (AvgIpc) is 2.37. The summed E-state index contributed by atoms with van der Waals surface area (Å²) in [7, 11) is 1.56. The third kappa shape index (κ3) is 4.04. The molecule has 1 aromatic rings. The van der Waals surface area contributed by atoms with Crippen molar-refractivity contribution in [1.82, 2.24) is 5.32 Å². The third-order valence-corrected chi connectivity index (χ3v) is 2.73. The zero-order chi connectivity index (χ0) is 13.5. The van der Waals surface area contributed by atoms with Gasteiger partial charge in [-0.3, -0.25) is 4.79 Å². The number of carbonyl (C=O) groups is 1. The molecule has 4 nitrogen and oxygen atoms in total. The van der Waals surface area contributed by atoms with E-state index in [1.165, 1.54) is 0 Å². The minimum absolute atomic E-state index is 0.00223. The van der Waals surface area contributed by atoms with Crippen LogP contribution in [0.5, 0.6) is 5.75 Å². The zero-order valence-corrected chi connectivity index (χ0v) is 11.3. The topological polar surface area (TPSA) is 64.3 Å². The lowest BCUT2D eigenvalue weighted by atomic mass is 10.0. The van der Waals surface area contributed by atoms with Gasteiger partial charge in [0.15, 0.2) is 0 Å². The highest BCUT2D eigenvalue weighted by atomic mass is 16.5. The molecule has 0 aliphatic heterocycles. The van der Waals surface area contributed by atoms with E-state index >= 15 is 0 Å². The van der Waals surface area contributed by atoms with Gasteiger partial charge in [-0.25, -0.2) is 0 Å². The number of ether oxygens (including phenoxy) is 1. The summed E-state index contributed by atoms with van der Waals surface area (Å²) < 4.78 is 5.17. The van der Waals surface area contributed by atoms with E-state index in [-0.39, 0.29) is 11.9 Å². The first-order chi connectivity index (χ1) is 8.58. The van der Waals surface area contributed by atoms with Gasteiger partial charge in [-0.1, -0.05) is 26.0 Å². The molecule has 0 heterocycles. The molecule has 1 aromatic carbocycles. The number of amides is 1. The van der Waals surface area contributed by atoms with Gasteiger partial charge < -0.3 is 15.8 Å². The molecule has 0 bridgehead atoms. The summed E-state index contributed by atoms with van der Waals surface area (Å²) in [5, 5.41) is 2.95. The van der Waals surface area contributed by atoms with Gasteiger partial charge in [0.05, 0.1) is 12.7 Å². The molecule has 1 amide bonds. The number of rotatable bonds is 6. The maximum Gasteiger partial charge on any atom is 0.255 e. The van der Waals surface area contributed by atoms with Crippen LogP contribution in [-0.4, -0.2) is 25.6 Å². The molecule has 1 rings (SSSR count). The number of benzene rings is 1. The van der Waals surface area contributed by atoms with Crippen LogP contribution in [0.15, 0.2) is 24.3 Å². The minimum atomic E-state index is -0.136. The molecule has 0 spiro atoms. The van der Waals surface area contributed by atoms with Gasteiger partial charge in [-0.2, -0.15) is 0 Å². The molecule has 1 unspecified atom stereocenters. The highest BCUT2D eigenvalue weighted by molar-refractivity contribution is 5.97. The molecule has 0 aromatic heterocycles. The highest BCUT2D eigenvalue weighted by Crippen LogP contribution is 2.17. The van der Waals surface area contributed by atoms with Crippen LogP contribution in [0.1, 0.15) is 30.6 Å². The standard InChI is InChI=1S/C14H22N2O2/c1-10(2)8-11(9-15)16-14(17)12-6-4-5-7-13(12)18-3/h4-7,10-11H,8-9,15H2,1-3H3,(H,16,17). The third-order valence-electron chi connectivity index (χ3n) is 2.73. The number of carbonyl (C=O) groups excluding carboxylic acids is 1. The second-order valence-corrected chi connectivity index (χ2v) is 4.74. The van der Waals surface area contributed by atoms with Gasteiger partial charge in [0.2, 0.25) is 0 Å². The Kier molecular flexibility index (Phi) is 5.65. The van der Waals surface area contributed by atoms with Crippen LogP contribution in [0.25, 0.3) is 0 Å². The van der Waals surface area contributed by atoms with Gasteiger partial charge in [0.25, 0.3) is 5.91 Å². The maximum absolute atomic E-state index is 12.1. The summed E-state index contributed by atoms with van der Waals surface area (Å²) in [6, 6.07) is 7.18. The second kappa shape index (κ2) is 7.01. The number of nitrogens with two attached hydrogens (primary N) is 1. The minimum Gasteiger partial charge on any atom is -0.496 e. The fraction of sp³-hybridized carbons (Fsp3) is 0.500. The summed E-state index contributed by atoms with van der Waals surface area (Å²) in [4.78, 5) is 12.1. The number of para-hydroxylation sites is 1. The van der Waals surface area contributed by atoms with Gasteiger partial charge in [-0.15, -0.1) is 0 Å². The SMILES string of the molecule is COc1ccccc1C(=O)NC(CN)CC(C)C. The fourth-order valence-electron chi connectivity index (χ4n) is 1.88. The largest absolute Gasteiger partial charge is 0.496 e. The van der Waals surface area contributed by atoms with Crippen LogP contribution in [0.4, 0.5) is 0 Å². The number of hydrogen-bond acceptors (Lipinski definition) is 3. The van der Waals surface area contributed by atoms with Crippen LogP contribution in [0.3, 0.4) is 0 Å². The van der Waals surface area contributed by atoms with Gasteiger partial charge >= 0.3 is 0 Å². The van der Waals surface area contributed by atoms with Crippen molar-refractivity contribution in [1.29, 1.82) is 0 Å². The first kappa shape index (κ1) is 14.5. The predicted molar refractivity (Wildman–Crippen MR) is 72.8 cm³/mol. The van der Waals surface area contributed by atoms with Crippen LogP contribution in [-0.2, 0) is 0 Å². The van der Waals surface area contributed by atoms with E-state index in [0.717, 1.165) is 6.42 Å². The first-order valence-electron chi connectivity index (χ1n) is 6.22. The Morgan fingerprint density at radius 3 is 2.61 bits per heavy atom. The second-order valence-electron chi connectivity index (χ2n) is 4.74. The summed E-state index contributed by atoms with van der Waals surface area (Å²) in [6.07, 6.45) is 0.872. The lowest BCUT2D eigenvalue weighted by molar-refractivity contribution is 0.0930. The van der Waals surface area contributed by atoms with Crippen molar-refractivity contribution in [2.75, 3.05) is 13.7 Å². The Labute approximate surface area is 109 Å². The fourth-order valence-corrected chi connectivity index (χ4v) is 1.88. The summed E-state index contributed by atoms with van der Waals surface area (Å²) in [6.45, 7) is 4.66. The monoisotopic (exact) mass is 250 g/mol. The van der Waals surface area contributed by atoms with Crippen LogP contribution in [0.2, 0.25) is 0 Å². The smallest absolute Gasteiger partial charge is 0.255 e. The van der Waals surface area contributed by atoms with Gasteiger partial charge in [0, 0.05) is 12.6 Å². The molecule has 0 aliphatic carbocycles. The van der Waals surface area contributed by atoms with Crippen LogP contribution >= 0.6 is 0 Å². The van der Waals surface area contributed by atoms with Crippen molar-refractivity contribution >= 4 is 5.91 Å². The van der Waals surface area contributed by atoms with E-state index in [1.54, 1.807) is 19.2 Å². The Balaban J connectivity index is 2.74. The Morgan fingerprint density at radius 1 is 1.39 bits per heavy atom. The Hall–Kier alpha value is -1.55. The molecular weight excluding hydrogens is 228 g/mol. The molecule has 0 fully saturated rings. The number of hydrogen-bond donors (Lipinski definition) is 2. The summed E-state index contributed by atoms with van der Waals surface area (Å²) in [5.41, 5.74) is 6.22. The van der Waals surface area contributed by atoms with E-state index < -0.39 is 0 Å². The molecule has 100 valence electrons. The normalized spacial score (nSPS) is 12.3. The molecule has 0 aliphatic rings. The number of methoxy groups -OCH3 is 1.